The van der Waals surface area contributed by atoms with Crippen LogP contribution < -0.4 is 5.73 Å². The SMILES string of the molecule is NC1CCCCC(c2occc2Br)C1. The Kier molecular flexibility index (Phi) is 3.29. The second-order valence-electron chi connectivity index (χ2n) is 4.11. The van der Waals surface area contributed by atoms with Crippen LogP contribution in [-0.2, 0) is 0 Å². The van der Waals surface area contributed by atoms with Crippen molar-refractivity contribution in [3.8, 4) is 0 Å². The fourth-order valence-electron chi connectivity index (χ4n) is 2.23. The molecule has 2 nitrogen and oxygen atoms in total. The molecule has 1 fully saturated rings. The predicted octanol–water partition coefficient (Wildman–Crippen LogP) is 3.42. The molecule has 1 aromatic heterocycles. The summed E-state index contributed by atoms with van der Waals surface area (Å²) in [4.78, 5) is 0. The first-order chi connectivity index (χ1) is 6.77. The highest BCUT2D eigenvalue weighted by Crippen LogP contribution is 2.35. The van der Waals surface area contributed by atoms with E-state index in [1.807, 2.05) is 6.07 Å². The maximum atomic E-state index is 6.02. The van der Waals surface area contributed by atoms with Gasteiger partial charge in [-0.05, 0) is 41.3 Å². The highest BCUT2D eigenvalue weighted by Gasteiger charge is 2.22. The molecule has 1 heterocycles. The molecule has 3 heteroatoms. The monoisotopic (exact) mass is 257 g/mol. The molecule has 14 heavy (non-hydrogen) atoms. The van der Waals surface area contributed by atoms with Gasteiger partial charge in [0.1, 0.15) is 5.76 Å². The fourth-order valence-corrected chi connectivity index (χ4v) is 2.76. The minimum atomic E-state index is 0.347. The van der Waals surface area contributed by atoms with Crippen LogP contribution in [0.3, 0.4) is 0 Å². The van der Waals surface area contributed by atoms with E-state index < -0.39 is 0 Å². The smallest absolute Gasteiger partial charge is 0.121 e. The van der Waals surface area contributed by atoms with E-state index in [1.54, 1.807) is 6.26 Å². The van der Waals surface area contributed by atoms with Gasteiger partial charge in [0, 0.05) is 12.0 Å². The van der Waals surface area contributed by atoms with E-state index in [2.05, 4.69) is 15.9 Å². The Balaban J connectivity index is 2.13. The van der Waals surface area contributed by atoms with Gasteiger partial charge < -0.3 is 10.2 Å². The molecule has 2 atom stereocenters. The second-order valence-corrected chi connectivity index (χ2v) is 4.96. The summed E-state index contributed by atoms with van der Waals surface area (Å²) in [6.07, 6.45) is 7.71. The molecule has 1 aliphatic carbocycles. The van der Waals surface area contributed by atoms with Crippen LogP contribution in [0.4, 0.5) is 0 Å². The molecule has 1 saturated carbocycles. The Morgan fingerprint density at radius 2 is 2.14 bits per heavy atom. The van der Waals surface area contributed by atoms with Gasteiger partial charge in [-0.25, -0.2) is 0 Å². The summed E-state index contributed by atoms with van der Waals surface area (Å²) in [5.41, 5.74) is 6.02. The number of halogens is 1. The highest BCUT2D eigenvalue weighted by atomic mass is 79.9. The van der Waals surface area contributed by atoms with Crippen molar-refractivity contribution < 1.29 is 4.42 Å². The van der Waals surface area contributed by atoms with Crippen LogP contribution in [0.15, 0.2) is 21.2 Å². The van der Waals surface area contributed by atoms with E-state index in [-0.39, 0.29) is 0 Å². The minimum Gasteiger partial charge on any atom is -0.468 e. The van der Waals surface area contributed by atoms with Crippen molar-refractivity contribution in [3.63, 3.8) is 0 Å². The molecule has 2 unspecified atom stereocenters. The van der Waals surface area contributed by atoms with E-state index in [4.69, 9.17) is 10.2 Å². The lowest BCUT2D eigenvalue weighted by atomic mass is 9.96. The maximum Gasteiger partial charge on any atom is 0.121 e. The first-order valence-corrected chi connectivity index (χ1v) is 6.05. The van der Waals surface area contributed by atoms with Crippen LogP contribution in [-0.4, -0.2) is 6.04 Å². The molecule has 0 radical (unpaired) electrons. The number of rotatable bonds is 1. The van der Waals surface area contributed by atoms with Crippen LogP contribution in [0, 0.1) is 0 Å². The van der Waals surface area contributed by atoms with E-state index in [9.17, 15) is 0 Å². The van der Waals surface area contributed by atoms with E-state index in [0.29, 0.717) is 12.0 Å². The van der Waals surface area contributed by atoms with E-state index in [1.165, 1.54) is 19.3 Å². The van der Waals surface area contributed by atoms with Gasteiger partial charge >= 0.3 is 0 Å². The van der Waals surface area contributed by atoms with Gasteiger partial charge in [0.05, 0.1) is 10.7 Å². The summed E-state index contributed by atoms with van der Waals surface area (Å²) >= 11 is 3.51. The quantitative estimate of drug-likeness (QED) is 0.784. The summed E-state index contributed by atoms with van der Waals surface area (Å²) in [6, 6.07) is 2.31. The molecule has 0 aromatic carbocycles. The molecule has 1 aromatic rings. The van der Waals surface area contributed by atoms with Gasteiger partial charge in [0.15, 0.2) is 0 Å². The third-order valence-corrected chi connectivity index (χ3v) is 3.64. The molecule has 0 amide bonds. The molecule has 2 N–H and O–H groups in total. The molecular formula is C11H16BrNO. The summed E-state index contributed by atoms with van der Waals surface area (Å²) < 4.78 is 6.60. The average Bonchev–Trinajstić information content (AvgIpc) is 2.45. The molecule has 0 spiro atoms. The Morgan fingerprint density at radius 3 is 2.86 bits per heavy atom. The van der Waals surface area contributed by atoms with Gasteiger partial charge in [-0.3, -0.25) is 0 Å². The molecule has 0 saturated heterocycles. The van der Waals surface area contributed by atoms with Crippen molar-refractivity contribution in [1.29, 1.82) is 0 Å². The van der Waals surface area contributed by atoms with Gasteiger partial charge in [-0.1, -0.05) is 12.8 Å². The summed E-state index contributed by atoms with van der Waals surface area (Å²) in [6.45, 7) is 0. The van der Waals surface area contributed by atoms with Crippen molar-refractivity contribution in [2.24, 2.45) is 5.73 Å². The lowest BCUT2D eigenvalue weighted by Crippen LogP contribution is -2.20. The van der Waals surface area contributed by atoms with Crippen molar-refractivity contribution in [1.82, 2.24) is 0 Å². The standard InChI is InChI=1S/C11H16BrNO/c12-10-5-6-14-11(10)8-3-1-2-4-9(13)7-8/h5-6,8-9H,1-4,7,13H2. The van der Waals surface area contributed by atoms with Crippen LogP contribution in [0.2, 0.25) is 0 Å². The highest BCUT2D eigenvalue weighted by molar-refractivity contribution is 9.10. The van der Waals surface area contributed by atoms with Crippen LogP contribution >= 0.6 is 15.9 Å². The molecule has 1 aliphatic rings. The average molecular weight is 258 g/mol. The zero-order valence-corrected chi connectivity index (χ0v) is 9.79. The lowest BCUT2D eigenvalue weighted by molar-refractivity contribution is 0.419. The van der Waals surface area contributed by atoms with Gasteiger partial charge in [-0.2, -0.15) is 0 Å². The van der Waals surface area contributed by atoms with Gasteiger partial charge in [0.25, 0.3) is 0 Å². The van der Waals surface area contributed by atoms with Crippen molar-refractivity contribution in [2.75, 3.05) is 0 Å². The largest absolute Gasteiger partial charge is 0.468 e. The molecular weight excluding hydrogens is 242 g/mol. The number of nitrogens with two attached hydrogens (primary N) is 1. The van der Waals surface area contributed by atoms with Crippen LogP contribution in [0.25, 0.3) is 0 Å². The fraction of sp³-hybridized carbons (Fsp3) is 0.636. The summed E-state index contributed by atoms with van der Waals surface area (Å²) in [7, 11) is 0. The first kappa shape index (κ1) is 10.2. The number of hydrogen-bond acceptors (Lipinski definition) is 2. The Bertz CT molecular complexity index is 297. The summed E-state index contributed by atoms with van der Waals surface area (Å²) in [5, 5.41) is 0. The first-order valence-electron chi connectivity index (χ1n) is 5.26. The van der Waals surface area contributed by atoms with E-state index in [0.717, 1.165) is 23.1 Å². The van der Waals surface area contributed by atoms with Gasteiger partial charge in [0.2, 0.25) is 0 Å². The topological polar surface area (TPSA) is 39.2 Å². The second kappa shape index (κ2) is 4.49. The van der Waals surface area contributed by atoms with Crippen LogP contribution in [0.5, 0.6) is 0 Å². The number of furan rings is 1. The predicted molar refractivity (Wildman–Crippen MR) is 60.2 cm³/mol. The molecule has 2 rings (SSSR count). The number of hydrogen-bond donors (Lipinski definition) is 1. The zero-order chi connectivity index (χ0) is 9.97. The zero-order valence-electron chi connectivity index (χ0n) is 8.21. The van der Waals surface area contributed by atoms with E-state index >= 15 is 0 Å². The van der Waals surface area contributed by atoms with Crippen LogP contribution in [0.1, 0.15) is 43.8 Å². The molecule has 0 aliphatic heterocycles. The third kappa shape index (κ3) is 2.20. The molecule has 0 bridgehead atoms. The summed E-state index contributed by atoms with van der Waals surface area (Å²) in [5.74, 6) is 1.60. The molecule has 78 valence electrons. The van der Waals surface area contributed by atoms with Crippen molar-refractivity contribution in [2.45, 2.75) is 44.1 Å². The normalized spacial score (nSPS) is 28.7. The van der Waals surface area contributed by atoms with Crippen molar-refractivity contribution in [3.05, 3.63) is 22.6 Å². The Morgan fingerprint density at radius 1 is 1.36 bits per heavy atom. The lowest BCUT2D eigenvalue weighted by Gasteiger charge is -2.14. The van der Waals surface area contributed by atoms with Gasteiger partial charge in [-0.15, -0.1) is 0 Å². The third-order valence-electron chi connectivity index (χ3n) is 2.98. The maximum absolute atomic E-state index is 6.02. The Labute approximate surface area is 93.0 Å². The minimum absolute atomic E-state index is 0.347. The Hall–Kier alpha value is -0.280. The van der Waals surface area contributed by atoms with Crippen molar-refractivity contribution >= 4 is 15.9 Å².